The molecule has 0 saturated carbocycles. The van der Waals surface area contributed by atoms with E-state index in [-0.39, 0.29) is 0 Å². The fourth-order valence-electron chi connectivity index (χ4n) is 3.66. The van der Waals surface area contributed by atoms with Gasteiger partial charge in [-0.1, -0.05) is 36.4 Å². The maximum absolute atomic E-state index is 4.84. The van der Waals surface area contributed by atoms with Gasteiger partial charge in [0.05, 0.1) is 18.1 Å². The third kappa shape index (κ3) is 2.71. The summed E-state index contributed by atoms with van der Waals surface area (Å²) in [7, 11) is 0. The second-order valence-electron chi connectivity index (χ2n) is 6.70. The number of hydrogen-bond donors (Lipinski definition) is 0. The summed E-state index contributed by atoms with van der Waals surface area (Å²) < 4.78 is 2.17. The lowest BCUT2D eigenvalue weighted by molar-refractivity contribution is 0.551. The van der Waals surface area contributed by atoms with E-state index in [1.165, 1.54) is 10.8 Å². The van der Waals surface area contributed by atoms with Gasteiger partial charge in [0, 0.05) is 37.2 Å². The molecule has 1 unspecified atom stereocenters. The SMILES string of the molecule is c1ccc2cc(-c3ccnc(N4CCC(n5ccnc5)C4)n3)ccc2c1. The molecule has 0 spiro atoms. The van der Waals surface area contributed by atoms with E-state index in [2.05, 4.69) is 61.9 Å². The van der Waals surface area contributed by atoms with Crippen molar-refractivity contribution in [3.63, 3.8) is 0 Å². The number of anilines is 1. The highest BCUT2D eigenvalue weighted by atomic mass is 15.3. The summed E-state index contributed by atoms with van der Waals surface area (Å²) in [5.41, 5.74) is 2.09. The fourth-order valence-corrected chi connectivity index (χ4v) is 3.66. The van der Waals surface area contributed by atoms with Crippen LogP contribution in [0.5, 0.6) is 0 Å². The molecular weight excluding hydrogens is 322 g/mol. The minimum atomic E-state index is 0.436. The third-order valence-electron chi connectivity index (χ3n) is 5.08. The summed E-state index contributed by atoms with van der Waals surface area (Å²) in [5.74, 6) is 0.804. The van der Waals surface area contributed by atoms with Crippen LogP contribution in [-0.2, 0) is 0 Å². The maximum Gasteiger partial charge on any atom is 0.225 e. The fraction of sp³-hybridized carbons (Fsp3) is 0.190. The summed E-state index contributed by atoms with van der Waals surface area (Å²) in [6.07, 6.45) is 8.69. The summed E-state index contributed by atoms with van der Waals surface area (Å²) in [5, 5.41) is 2.47. The van der Waals surface area contributed by atoms with Crippen molar-refractivity contribution in [2.45, 2.75) is 12.5 Å². The lowest BCUT2D eigenvalue weighted by atomic mass is 10.1. The molecule has 5 nitrogen and oxygen atoms in total. The van der Waals surface area contributed by atoms with E-state index in [1.807, 2.05) is 31.0 Å². The number of imidazole rings is 1. The first-order valence-corrected chi connectivity index (χ1v) is 8.91. The van der Waals surface area contributed by atoms with Gasteiger partial charge in [0.25, 0.3) is 0 Å². The van der Waals surface area contributed by atoms with Gasteiger partial charge < -0.3 is 9.47 Å². The van der Waals surface area contributed by atoms with E-state index in [9.17, 15) is 0 Å². The van der Waals surface area contributed by atoms with Gasteiger partial charge in [-0.25, -0.2) is 15.0 Å². The zero-order valence-electron chi connectivity index (χ0n) is 14.4. The number of rotatable bonds is 3. The number of fused-ring (bicyclic) bond motifs is 1. The van der Waals surface area contributed by atoms with E-state index >= 15 is 0 Å². The predicted octanol–water partition coefficient (Wildman–Crippen LogP) is 3.94. The highest BCUT2D eigenvalue weighted by Gasteiger charge is 2.25. The van der Waals surface area contributed by atoms with E-state index in [0.717, 1.165) is 36.7 Å². The van der Waals surface area contributed by atoms with Crippen molar-refractivity contribution >= 4 is 16.7 Å². The van der Waals surface area contributed by atoms with E-state index in [0.29, 0.717) is 6.04 Å². The Morgan fingerprint density at radius 2 is 1.88 bits per heavy atom. The lowest BCUT2D eigenvalue weighted by Gasteiger charge is -2.17. The quantitative estimate of drug-likeness (QED) is 0.566. The van der Waals surface area contributed by atoms with Crippen LogP contribution in [0.3, 0.4) is 0 Å². The van der Waals surface area contributed by atoms with E-state index in [1.54, 1.807) is 0 Å². The summed E-state index contributed by atoms with van der Waals surface area (Å²) >= 11 is 0. The van der Waals surface area contributed by atoms with Gasteiger partial charge in [0.15, 0.2) is 0 Å². The first kappa shape index (κ1) is 15.1. The molecule has 0 amide bonds. The van der Waals surface area contributed by atoms with Gasteiger partial charge in [0.2, 0.25) is 5.95 Å². The standard InChI is InChI=1S/C21H19N5/c1-2-4-17-13-18(6-5-16(17)3-1)20-7-9-23-21(24-20)25-11-8-19(14-25)26-12-10-22-15-26/h1-7,9-10,12-13,15,19H,8,11,14H2. The van der Waals surface area contributed by atoms with E-state index in [4.69, 9.17) is 4.98 Å². The van der Waals surface area contributed by atoms with E-state index < -0.39 is 0 Å². The number of nitrogens with zero attached hydrogens (tertiary/aromatic N) is 5. The van der Waals surface area contributed by atoms with Crippen molar-refractivity contribution < 1.29 is 0 Å². The Bertz CT molecular complexity index is 1040. The molecule has 1 fully saturated rings. The highest BCUT2D eigenvalue weighted by Crippen LogP contribution is 2.27. The van der Waals surface area contributed by atoms with Crippen LogP contribution < -0.4 is 4.90 Å². The molecular formula is C21H19N5. The molecule has 0 bridgehead atoms. The molecule has 1 atom stereocenters. The Hall–Kier alpha value is -3.21. The van der Waals surface area contributed by atoms with Gasteiger partial charge in [-0.2, -0.15) is 0 Å². The first-order chi connectivity index (χ1) is 12.9. The van der Waals surface area contributed by atoms with Crippen LogP contribution in [-0.4, -0.2) is 32.6 Å². The second-order valence-corrected chi connectivity index (χ2v) is 6.70. The Labute approximate surface area is 152 Å². The largest absolute Gasteiger partial charge is 0.339 e. The molecule has 2 aromatic carbocycles. The topological polar surface area (TPSA) is 46.8 Å². The number of benzene rings is 2. The van der Waals surface area contributed by atoms with Crippen LogP contribution in [0, 0.1) is 0 Å². The lowest BCUT2D eigenvalue weighted by Crippen LogP contribution is -2.22. The smallest absolute Gasteiger partial charge is 0.225 e. The molecule has 2 aromatic heterocycles. The average molecular weight is 341 g/mol. The maximum atomic E-state index is 4.84. The van der Waals surface area contributed by atoms with Crippen LogP contribution in [0.25, 0.3) is 22.0 Å². The Kier molecular flexibility index (Phi) is 3.63. The molecule has 0 radical (unpaired) electrons. The molecule has 128 valence electrons. The average Bonchev–Trinajstić information content (AvgIpc) is 3.39. The minimum Gasteiger partial charge on any atom is -0.339 e. The molecule has 5 rings (SSSR count). The van der Waals surface area contributed by atoms with Crippen molar-refractivity contribution in [1.82, 2.24) is 19.5 Å². The Morgan fingerprint density at radius 3 is 2.77 bits per heavy atom. The van der Waals surface area contributed by atoms with Crippen LogP contribution in [0.1, 0.15) is 12.5 Å². The third-order valence-corrected chi connectivity index (χ3v) is 5.08. The van der Waals surface area contributed by atoms with Crippen LogP contribution in [0.4, 0.5) is 5.95 Å². The normalized spacial score (nSPS) is 17.1. The van der Waals surface area contributed by atoms with Gasteiger partial charge in [-0.3, -0.25) is 0 Å². The van der Waals surface area contributed by atoms with Crippen LogP contribution >= 0.6 is 0 Å². The highest BCUT2D eigenvalue weighted by molar-refractivity contribution is 5.86. The molecule has 0 aliphatic carbocycles. The predicted molar refractivity (Wildman–Crippen MR) is 103 cm³/mol. The summed E-state index contributed by atoms with van der Waals surface area (Å²) in [4.78, 5) is 15.8. The van der Waals surface area contributed by atoms with Crippen molar-refractivity contribution in [1.29, 1.82) is 0 Å². The molecule has 3 heterocycles. The second kappa shape index (κ2) is 6.26. The summed E-state index contributed by atoms with van der Waals surface area (Å²) in [6, 6.07) is 17.3. The van der Waals surface area contributed by atoms with Gasteiger partial charge >= 0.3 is 0 Å². The van der Waals surface area contributed by atoms with Crippen molar-refractivity contribution in [3.05, 3.63) is 73.4 Å². The van der Waals surface area contributed by atoms with Crippen LogP contribution in [0.2, 0.25) is 0 Å². The zero-order chi connectivity index (χ0) is 17.3. The minimum absolute atomic E-state index is 0.436. The zero-order valence-corrected chi connectivity index (χ0v) is 14.4. The van der Waals surface area contributed by atoms with Crippen molar-refractivity contribution in [2.75, 3.05) is 18.0 Å². The molecule has 0 N–H and O–H groups in total. The molecule has 1 saturated heterocycles. The molecule has 1 aliphatic rings. The van der Waals surface area contributed by atoms with Gasteiger partial charge in [-0.15, -0.1) is 0 Å². The number of hydrogen-bond acceptors (Lipinski definition) is 4. The van der Waals surface area contributed by atoms with Gasteiger partial charge in [-0.05, 0) is 29.3 Å². The van der Waals surface area contributed by atoms with Crippen LogP contribution in [0.15, 0.2) is 73.4 Å². The van der Waals surface area contributed by atoms with Crippen molar-refractivity contribution in [2.24, 2.45) is 0 Å². The summed E-state index contributed by atoms with van der Waals surface area (Å²) in [6.45, 7) is 1.88. The molecule has 5 heteroatoms. The van der Waals surface area contributed by atoms with Crippen molar-refractivity contribution in [3.8, 4) is 11.3 Å². The monoisotopic (exact) mass is 341 g/mol. The Morgan fingerprint density at radius 1 is 0.962 bits per heavy atom. The Balaban J connectivity index is 1.43. The molecule has 26 heavy (non-hydrogen) atoms. The molecule has 1 aliphatic heterocycles. The molecule has 4 aromatic rings. The first-order valence-electron chi connectivity index (χ1n) is 8.91. The van der Waals surface area contributed by atoms with Gasteiger partial charge in [0.1, 0.15) is 0 Å². The number of aromatic nitrogens is 4.